The maximum absolute atomic E-state index is 12.9. The number of ether oxygens (including phenoxy) is 4. The molecule has 0 fully saturated rings. The van der Waals surface area contributed by atoms with E-state index in [1.807, 2.05) is 0 Å². The molecule has 0 amide bonds. The molecule has 80 heavy (non-hydrogen) atoms. The molecule has 0 rings (SSSR count). The molecule has 2 unspecified atom stereocenters. The molecule has 0 bridgehead atoms. The molecule has 0 saturated heterocycles. The number of hydrogen-bond acceptors (Lipinski definition) is 15. The summed E-state index contributed by atoms with van der Waals surface area (Å²) in [5.41, 5.74) is 0. The van der Waals surface area contributed by atoms with Crippen molar-refractivity contribution in [1.29, 1.82) is 0 Å². The van der Waals surface area contributed by atoms with E-state index in [2.05, 4.69) is 27.7 Å². The predicted octanol–water partition coefficient (Wildman–Crippen LogP) is 16.8. The molecule has 474 valence electrons. The van der Waals surface area contributed by atoms with Crippen LogP contribution in [0.2, 0.25) is 0 Å². The molecule has 19 heteroatoms. The number of hydrogen-bond donors (Lipinski definition) is 3. The summed E-state index contributed by atoms with van der Waals surface area (Å²) >= 11 is 0. The van der Waals surface area contributed by atoms with Crippen LogP contribution in [0.4, 0.5) is 0 Å². The van der Waals surface area contributed by atoms with Gasteiger partial charge >= 0.3 is 39.5 Å². The molecule has 0 aliphatic rings. The van der Waals surface area contributed by atoms with E-state index in [1.165, 1.54) is 128 Å². The number of esters is 4. The molecule has 0 aliphatic heterocycles. The fourth-order valence-corrected chi connectivity index (χ4v) is 10.7. The van der Waals surface area contributed by atoms with Gasteiger partial charge in [-0.2, -0.15) is 0 Å². The van der Waals surface area contributed by atoms with Gasteiger partial charge in [-0.25, -0.2) is 9.13 Å². The second-order valence-electron chi connectivity index (χ2n) is 22.1. The van der Waals surface area contributed by atoms with Crippen LogP contribution in [-0.4, -0.2) is 96.7 Å². The van der Waals surface area contributed by atoms with Crippen LogP contribution in [0.3, 0.4) is 0 Å². The highest BCUT2D eigenvalue weighted by Gasteiger charge is 2.30. The third kappa shape index (κ3) is 55.3. The van der Waals surface area contributed by atoms with Gasteiger partial charge in [-0.15, -0.1) is 0 Å². The Balaban J connectivity index is 5.19. The Morgan fingerprint density at radius 3 is 0.738 bits per heavy atom. The van der Waals surface area contributed by atoms with E-state index in [-0.39, 0.29) is 25.7 Å². The van der Waals surface area contributed by atoms with Gasteiger partial charge in [0.15, 0.2) is 12.2 Å². The summed E-state index contributed by atoms with van der Waals surface area (Å²) < 4.78 is 67.7. The Labute approximate surface area is 486 Å². The summed E-state index contributed by atoms with van der Waals surface area (Å²) in [4.78, 5) is 71.9. The van der Waals surface area contributed by atoms with E-state index in [0.717, 1.165) is 103 Å². The van der Waals surface area contributed by atoms with Gasteiger partial charge in [-0.1, -0.05) is 259 Å². The minimum atomic E-state index is -4.94. The van der Waals surface area contributed by atoms with E-state index in [4.69, 9.17) is 37.0 Å². The first-order valence-electron chi connectivity index (χ1n) is 32.3. The molecule has 0 aromatic rings. The molecule has 0 radical (unpaired) electrons. The molecule has 5 atom stereocenters. The quantitative estimate of drug-likeness (QED) is 0.0222. The lowest BCUT2D eigenvalue weighted by Crippen LogP contribution is -2.30. The maximum Gasteiger partial charge on any atom is 0.472 e. The summed E-state index contributed by atoms with van der Waals surface area (Å²) in [5, 5.41) is 10.5. The molecular formula is C61H118O17P2. The minimum Gasteiger partial charge on any atom is -0.462 e. The van der Waals surface area contributed by atoms with E-state index < -0.39 is 97.5 Å². The van der Waals surface area contributed by atoms with Crippen molar-refractivity contribution in [1.82, 2.24) is 0 Å². The average Bonchev–Trinajstić information content (AvgIpc) is 3.43. The topological polar surface area (TPSA) is 237 Å². The highest BCUT2D eigenvalue weighted by molar-refractivity contribution is 7.47. The van der Waals surface area contributed by atoms with Crippen molar-refractivity contribution in [2.24, 2.45) is 0 Å². The number of aliphatic hydroxyl groups excluding tert-OH is 1. The van der Waals surface area contributed by atoms with Crippen molar-refractivity contribution < 1.29 is 80.2 Å². The number of unbranched alkanes of at least 4 members (excludes halogenated alkanes) is 36. The van der Waals surface area contributed by atoms with Gasteiger partial charge < -0.3 is 33.8 Å². The maximum atomic E-state index is 12.9. The third-order valence-corrected chi connectivity index (χ3v) is 16.0. The number of carbonyl (C=O) groups is 4. The number of phosphoric ester groups is 2. The van der Waals surface area contributed by atoms with Gasteiger partial charge in [0.2, 0.25) is 0 Å². The van der Waals surface area contributed by atoms with Crippen LogP contribution >= 0.6 is 15.6 Å². The van der Waals surface area contributed by atoms with Gasteiger partial charge in [0, 0.05) is 25.7 Å². The van der Waals surface area contributed by atoms with Crippen LogP contribution in [0.1, 0.15) is 310 Å². The summed E-state index contributed by atoms with van der Waals surface area (Å²) in [7, 11) is -9.87. The average molecular weight is 1190 g/mol. The van der Waals surface area contributed by atoms with E-state index in [0.29, 0.717) is 25.7 Å². The number of aliphatic hydroxyl groups is 1. The standard InChI is InChI=1S/C61H118O17P2/c1-5-9-13-17-21-24-26-27-28-29-32-36-40-44-48-61(66)78-57(52-72-59(64)46-42-38-34-31-25-22-18-14-10-6-2)54-76-80(69,70)74-50-55(62)49-73-79(67,68)75-53-56(51-71-58(63)45-41-37-33-20-16-12-8-4)77-60(65)47-43-39-35-30-23-19-15-11-7-3/h55-57,62H,5-54H2,1-4H3,(H,67,68)(H,69,70)/t55-,56+,57+/m0/s1. The predicted molar refractivity (Wildman–Crippen MR) is 317 cm³/mol. The normalized spacial score (nSPS) is 14.2. The van der Waals surface area contributed by atoms with E-state index in [1.54, 1.807) is 0 Å². The zero-order chi connectivity index (χ0) is 59.1. The molecular weight excluding hydrogens is 1070 g/mol. The number of carbonyl (C=O) groups excluding carboxylic acids is 4. The minimum absolute atomic E-state index is 0.106. The van der Waals surface area contributed by atoms with Crippen LogP contribution < -0.4 is 0 Å². The lowest BCUT2D eigenvalue weighted by Gasteiger charge is -2.21. The number of phosphoric acid groups is 2. The van der Waals surface area contributed by atoms with Crippen LogP contribution in [0, 0.1) is 0 Å². The van der Waals surface area contributed by atoms with Crippen LogP contribution in [-0.2, 0) is 65.4 Å². The zero-order valence-electron chi connectivity index (χ0n) is 51.0. The van der Waals surface area contributed by atoms with Crippen molar-refractivity contribution in [3.63, 3.8) is 0 Å². The molecule has 0 spiro atoms. The van der Waals surface area contributed by atoms with E-state index >= 15 is 0 Å². The van der Waals surface area contributed by atoms with Crippen molar-refractivity contribution in [3.05, 3.63) is 0 Å². The Bertz CT molecular complexity index is 1550. The lowest BCUT2D eigenvalue weighted by molar-refractivity contribution is -0.161. The van der Waals surface area contributed by atoms with Gasteiger partial charge in [-0.3, -0.25) is 37.3 Å². The lowest BCUT2D eigenvalue weighted by atomic mass is 10.0. The van der Waals surface area contributed by atoms with Crippen molar-refractivity contribution in [2.75, 3.05) is 39.6 Å². The fraction of sp³-hybridized carbons (Fsp3) is 0.934. The number of rotatable bonds is 62. The van der Waals surface area contributed by atoms with Crippen LogP contribution in [0.5, 0.6) is 0 Å². The van der Waals surface area contributed by atoms with Gasteiger partial charge in [0.25, 0.3) is 0 Å². The second-order valence-corrected chi connectivity index (χ2v) is 25.0. The van der Waals surface area contributed by atoms with Crippen LogP contribution in [0.25, 0.3) is 0 Å². The molecule has 17 nitrogen and oxygen atoms in total. The van der Waals surface area contributed by atoms with Gasteiger partial charge in [-0.05, 0) is 25.7 Å². The molecule has 0 aliphatic carbocycles. The summed E-state index contributed by atoms with van der Waals surface area (Å²) in [6.07, 6.45) is 40.3. The molecule has 0 heterocycles. The molecule has 0 saturated carbocycles. The van der Waals surface area contributed by atoms with Gasteiger partial charge in [0.1, 0.15) is 19.3 Å². The first-order valence-corrected chi connectivity index (χ1v) is 35.3. The monoisotopic (exact) mass is 1180 g/mol. The third-order valence-electron chi connectivity index (χ3n) is 14.1. The Kier molecular flexibility index (Phi) is 54.8. The van der Waals surface area contributed by atoms with Gasteiger partial charge in [0.05, 0.1) is 26.4 Å². The van der Waals surface area contributed by atoms with E-state index in [9.17, 15) is 43.2 Å². The highest BCUT2D eigenvalue weighted by Crippen LogP contribution is 2.45. The summed E-state index contributed by atoms with van der Waals surface area (Å²) in [5.74, 6) is -2.14. The largest absolute Gasteiger partial charge is 0.472 e. The second kappa shape index (κ2) is 56.2. The SMILES string of the molecule is CCCCCCCCCCCCCCCCC(=O)O[C@H](COC(=O)CCCCCCCCCCCC)COP(=O)(O)OC[C@@H](O)COP(=O)(O)OC[C@@H](COC(=O)CCCCCCCCC)OC(=O)CCCCCCCCCCC. The molecule has 3 N–H and O–H groups in total. The van der Waals surface area contributed by atoms with Crippen molar-refractivity contribution >= 4 is 39.5 Å². The first kappa shape index (κ1) is 78.1. The zero-order valence-corrected chi connectivity index (χ0v) is 52.8. The summed E-state index contributed by atoms with van der Waals surface area (Å²) in [6, 6.07) is 0. The Morgan fingerprint density at radius 2 is 0.500 bits per heavy atom. The van der Waals surface area contributed by atoms with Crippen LogP contribution in [0.15, 0.2) is 0 Å². The Hall–Kier alpha value is -1.94. The smallest absolute Gasteiger partial charge is 0.462 e. The van der Waals surface area contributed by atoms with Crippen molar-refractivity contribution in [3.8, 4) is 0 Å². The Morgan fingerprint density at radius 1 is 0.300 bits per heavy atom. The first-order chi connectivity index (χ1) is 38.7. The molecule has 0 aromatic carbocycles. The van der Waals surface area contributed by atoms with Crippen molar-refractivity contribution in [2.45, 2.75) is 329 Å². The fourth-order valence-electron chi connectivity index (χ4n) is 9.10. The highest BCUT2D eigenvalue weighted by atomic mass is 31.2. The summed E-state index contributed by atoms with van der Waals surface area (Å²) in [6.45, 7) is 4.81. The molecule has 0 aromatic heterocycles.